The SMILES string of the molecule is C[SiH](C)Oc1ccccc1CN=Cc1ncc2nccnc2n1. The molecule has 0 aliphatic carbocycles. The molecule has 0 aliphatic rings. The van der Waals surface area contributed by atoms with Crippen molar-refractivity contribution in [1.29, 1.82) is 0 Å². The van der Waals surface area contributed by atoms with Crippen LogP contribution in [0.5, 0.6) is 5.75 Å². The Labute approximate surface area is 136 Å². The third-order valence-electron chi connectivity index (χ3n) is 3.05. The molecule has 3 aromatic rings. The first kappa shape index (κ1) is 15.2. The van der Waals surface area contributed by atoms with E-state index < -0.39 is 9.04 Å². The van der Waals surface area contributed by atoms with Gasteiger partial charge in [0.15, 0.2) is 11.5 Å². The summed E-state index contributed by atoms with van der Waals surface area (Å²) in [5, 5.41) is 0. The summed E-state index contributed by atoms with van der Waals surface area (Å²) in [4.78, 5) is 21.3. The molecule has 7 heteroatoms. The number of rotatable bonds is 5. The molecule has 2 aromatic heterocycles. The average Bonchev–Trinajstić information content (AvgIpc) is 2.56. The highest BCUT2D eigenvalue weighted by molar-refractivity contribution is 6.49. The van der Waals surface area contributed by atoms with E-state index in [0.29, 0.717) is 23.5 Å². The van der Waals surface area contributed by atoms with Crippen LogP contribution < -0.4 is 4.43 Å². The molecule has 0 spiro atoms. The van der Waals surface area contributed by atoms with Gasteiger partial charge in [0, 0.05) is 18.0 Å². The van der Waals surface area contributed by atoms with Gasteiger partial charge in [0.2, 0.25) is 9.04 Å². The summed E-state index contributed by atoms with van der Waals surface area (Å²) < 4.78 is 5.92. The van der Waals surface area contributed by atoms with Crippen LogP contribution >= 0.6 is 0 Å². The fourth-order valence-corrected chi connectivity index (χ4v) is 2.81. The van der Waals surface area contributed by atoms with Gasteiger partial charge >= 0.3 is 0 Å². The molecule has 0 saturated carbocycles. The fraction of sp³-hybridized carbons (Fsp3) is 0.188. The zero-order valence-corrected chi connectivity index (χ0v) is 14.2. The lowest BCUT2D eigenvalue weighted by atomic mass is 10.2. The molecular weight excluding hydrogens is 306 g/mol. The van der Waals surface area contributed by atoms with Crippen molar-refractivity contribution >= 4 is 26.4 Å². The van der Waals surface area contributed by atoms with E-state index >= 15 is 0 Å². The van der Waals surface area contributed by atoms with Gasteiger partial charge in [-0.2, -0.15) is 0 Å². The summed E-state index contributed by atoms with van der Waals surface area (Å²) in [6.45, 7) is 4.81. The quantitative estimate of drug-likeness (QED) is 0.532. The van der Waals surface area contributed by atoms with E-state index in [-0.39, 0.29) is 0 Å². The Kier molecular flexibility index (Phi) is 4.67. The number of benzene rings is 1. The van der Waals surface area contributed by atoms with Crippen molar-refractivity contribution in [1.82, 2.24) is 19.9 Å². The minimum absolute atomic E-state index is 0.523. The van der Waals surface area contributed by atoms with E-state index in [4.69, 9.17) is 4.43 Å². The topological polar surface area (TPSA) is 73.2 Å². The molecule has 0 amide bonds. The lowest BCUT2D eigenvalue weighted by Gasteiger charge is -2.12. The maximum Gasteiger partial charge on any atom is 0.229 e. The summed E-state index contributed by atoms with van der Waals surface area (Å²) in [7, 11) is -1.14. The Morgan fingerprint density at radius 3 is 2.83 bits per heavy atom. The number of hydrogen-bond donors (Lipinski definition) is 0. The summed E-state index contributed by atoms with van der Waals surface area (Å²) in [5.41, 5.74) is 2.30. The second-order valence-electron chi connectivity index (χ2n) is 5.24. The minimum Gasteiger partial charge on any atom is -0.547 e. The van der Waals surface area contributed by atoms with Crippen molar-refractivity contribution in [2.24, 2.45) is 4.99 Å². The summed E-state index contributed by atoms with van der Waals surface area (Å²) in [6, 6.07) is 7.97. The van der Waals surface area contributed by atoms with Crippen LogP contribution in [0.4, 0.5) is 0 Å². The third-order valence-corrected chi connectivity index (χ3v) is 3.77. The first-order chi connectivity index (χ1) is 11.2. The van der Waals surface area contributed by atoms with Crippen LogP contribution in [0.1, 0.15) is 11.4 Å². The second kappa shape index (κ2) is 7.06. The highest BCUT2D eigenvalue weighted by Crippen LogP contribution is 2.19. The summed E-state index contributed by atoms with van der Waals surface area (Å²) >= 11 is 0. The van der Waals surface area contributed by atoms with Crippen molar-refractivity contribution in [3.8, 4) is 5.75 Å². The number of fused-ring (bicyclic) bond motifs is 1. The normalized spacial score (nSPS) is 11.4. The maximum absolute atomic E-state index is 5.92. The predicted molar refractivity (Wildman–Crippen MR) is 92.4 cm³/mol. The van der Waals surface area contributed by atoms with Crippen LogP contribution in [-0.2, 0) is 6.54 Å². The zero-order chi connectivity index (χ0) is 16.1. The Morgan fingerprint density at radius 2 is 1.96 bits per heavy atom. The molecule has 0 unspecified atom stereocenters. The molecule has 0 atom stereocenters. The van der Waals surface area contributed by atoms with E-state index in [1.54, 1.807) is 24.8 Å². The number of aliphatic imine (C=N–C) groups is 1. The van der Waals surface area contributed by atoms with E-state index in [9.17, 15) is 0 Å². The molecule has 116 valence electrons. The Hall–Kier alpha value is -2.67. The lowest BCUT2D eigenvalue weighted by Crippen LogP contribution is -2.12. The van der Waals surface area contributed by atoms with Gasteiger partial charge in [-0.25, -0.2) is 19.9 Å². The molecule has 0 fully saturated rings. The van der Waals surface area contributed by atoms with Crippen LogP contribution in [0.2, 0.25) is 13.1 Å². The number of aromatic nitrogens is 4. The standard InChI is InChI=1S/C16H17N5OSi/c1-23(2)22-14-6-4-3-5-12(14)9-17-11-15-20-10-13-16(21-15)19-8-7-18-13/h3-8,10-11,23H,9H2,1-2H3. The van der Waals surface area contributed by atoms with Crippen molar-refractivity contribution in [3.05, 3.63) is 54.2 Å². The number of hydrogen-bond acceptors (Lipinski definition) is 6. The molecule has 2 heterocycles. The molecule has 1 aromatic carbocycles. The van der Waals surface area contributed by atoms with E-state index in [2.05, 4.69) is 38.0 Å². The van der Waals surface area contributed by atoms with Gasteiger partial charge in [-0.15, -0.1) is 0 Å². The Balaban J connectivity index is 1.75. The van der Waals surface area contributed by atoms with Gasteiger partial charge in [-0.3, -0.25) is 4.99 Å². The van der Waals surface area contributed by atoms with Crippen LogP contribution in [0.25, 0.3) is 11.2 Å². The summed E-state index contributed by atoms with van der Waals surface area (Å²) in [6.07, 6.45) is 6.53. The van der Waals surface area contributed by atoms with Gasteiger partial charge in [0.25, 0.3) is 0 Å². The van der Waals surface area contributed by atoms with Gasteiger partial charge in [0.05, 0.1) is 19.0 Å². The molecule has 6 nitrogen and oxygen atoms in total. The molecule has 23 heavy (non-hydrogen) atoms. The number of nitrogens with zero attached hydrogens (tertiary/aromatic N) is 5. The molecule has 0 saturated heterocycles. The minimum atomic E-state index is -1.14. The summed E-state index contributed by atoms with van der Waals surface area (Å²) in [5.74, 6) is 1.44. The Morgan fingerprint density at radius 1 is 1.13 bits per heavy atom. The van der Waals surface area contributed by atoms with Crippen LogP contribution in [0.15, 0.2) is 47.8 Å². The van der Waals surface area contributed by atoms with Gasteiger partial charge < -0.3 is 4.43 Å². The second-order valence-corrected chi connectivity index (χ2v) is 7.57. The molecular formula is C16H17N5OSi. The van der Waals surface area contributed by atoms with Gasteiger partial charge in [-0.05, 0) is 19.2 Å². The monoisotopic (exact) mass is 323 g/mol. The zero-order valence-electron chi connectivity index (χ0n) is 13.0. The van der Waals surface area contributed by atoms with E-state index in [0.717, 1.165) is 11.3 Å². The highest BCUT2D eigenvalue weighted by atomic mass is 28.3. The van der Waals surface area contributed by atoms with Crippen LogP contribution in [-0.4, -0.2) is 35.2 Å². The van der Waals surface area contributed by atoms with Crippen molar-refractivity contribution < 1.29 is 4.43 Å². The van der Waals surface area contributed by atoms with Crippen LogP contribution in [0, 0.1) is 0 Å². The fourth-order valence-electron chi connectivity index (χ4n) is 2.07. The van der Waals surface area contributed by atoms with E-state index in [1.807, 2.05) is 24.3 Å². The maximum atomic E-state index is 5.92. The van der Waals surface area contributed by atoms with E-state index in [1.165, 1.54) is 0 Å². The van der Waals surface area contributed by atoms with Crippen molar-refractivity contribution in [3.63, 3.8) is 0 Å². The average molecular weight is 323 g/mol. The smallest absolute Gasteiger partial charge is 0.229 e. The van der Waals surface area contributed by atoms with Crippen LogP contribution in [0.3, 0.4) is 0 Å². The molecule has 0 bridgehead atoms. The molecule has 0 N–H and O–H groups in total. The van der Waals surface area contributed by atoms with Crippen molar-refractivity contribution in [2.75, 3.05) is 0 Å². The van der Waals surface area contributed by atoms with Crippen molar-refractivity contribution in [2.45, 2.75) is 19.6 Å². The first-order valence-corrected chi connectivity index (χ1v) is 10.2. The highest BCUT2D eigenvalue weighted by Gasteiger charge is 2.05. The molecule has 0 radical (unpaired) electrons. The third kappa shape index (κ3) is 3.95. The lowest BCUT2D eigenvalue weighted by molar-refractivity contribution is 0.572. The molecule has 3 rings (SSSR count). The molecule has 0 aliphatic heterocycles. The Bertz CT molecular complexity index is 837. The van der Waals surface area contributed by atoms with Gasteiger partial charge in [0.1, 0.15) is 11.3 Å². The first-order valence-electron chi connectivity index (χ1n) is 7.40. The largest absolute Gasteiger partial charge is 0.547 e. The number of para-hydroxylation sites is 1. The predicted octanol–water partition coefficient (Wildman–Crippen LogP) is 2.40. The van der Waals surface area contributed by atoms with Gasteiger partial charge in [-0.1, -0.05) is 18.2 Å².